The maximum Gasteiger partial charge on any atom is 0.305 e. The van der Waals surface area contributed by atoms with E-state index in [9.17, 15) is 4.79 Å². The van der Waals surface area contributed by atoms with Crippen LogP contribution in [0.4, 0.5) is 0 Å². The Kier molecular flexibility index (Phi) is 24.0. The summed E-state index contributed by atoms with van der Waals surface area (Å²) in [5, 5.41) is 0. The zero-order valence-corrected chi connectivity index (χ0v) is 19.6. The van der Waals surface area contributed by atoms with Gasteiger partial charge in [-0.3, -0.25) is 4.79 Å². The summed E-state index contributed by atoms with van der Waals surface area (Å²) in [5.41, 5.74) is 0. The number of carbonyl (C=O) groups excluding carboxylic acids is 1. The van der Waals surface area contributed by atoms with Crippen molar-refractivity contribution in [2.45, 2.75) is 155 Å². The molecule has 2 heteroatoms. The summed E-state index contributed by atoms with van der Waals surface area (Å²) in [5.74, 6) is 0.0200. The zero-order chi connectivity index (χ0) is 20.5. The van der Waals surface area contributed by atoms with E-state index in [1.54, 1.807) is 0 Å². The van der Waals surface area contributed by atoms with Gasteiger partial charge in [0.1, 0.15) is 0 Å². The molecule has 0 aliphatic carbocycles. The van der Waals surface area contributed by atoms with Gasteiger partial charge in [-0.05, 0) is 12.8 Å². The number of hydrogen-bond donors (Lipinski definition) is 0. The van der Waals surface area contributed by atoms with Crippen molar-refractivity contribution in [3.63, 3.8) is 0 Å². The van der Waals surface area contributed by atoms with Crippen LogP contribution in [0.2, 0.25) is 0 Å². The van der Waals surface area contributed by atoms with Gasteiger partial charge in [-0.2, -0.15) is 0 Å². The van der Waals surface area contributed by atoms with E-state index in [0.29, 0.717) is 13.0 Å². The predicted octanol–water partition coefficient (Wildman–Crippen LogP) is 9.15. The van der Waals surface area contributed by atoms with Crippen LogP contribution in [-0.4, -0.2) is 12.6 Å². The molecule has 0 aliphatic rings. The van der Waals surface area contributed by atoms with Gasteiger partial charge in [0.2, 0.25) is 0 Å². The van der Waals surface area contributed by atoms with Crippen molar-refractivity contribution in [2.24, 2.45) is 0 Å². The number of unbranched alkanes of at least 4 members (excludes halogenated alkanes) is 19. The van der Waals surface area contributed by atoms with Gasteiger partial charge in [0, 0.05) is 6.42 Å². The largest absolute Gasteiger partial charge is 0.466 e. The smallest absolute Gasteiger partial charge is 0.305 e. The lowest BCUT2D eigenvalue weighted by atomic mass is 10.1. The van der Waals surface area contributed by atoms with Crippen LogP contribution in [0.5, 0.6) is 0 Å². The first-order chi connectivity index (χ1) is 13.8. The molecule has 0 N–H and O–H groups in total. The molecular weight excluding hydrogens is 344 g/mol. The molecule has 0 rings (SSSR count). The van der Waals surface area contributed by atoms with Crippen molar-refractivity contribution in [2.75, 3.05) is 6.61 Å². The van der Waals surface area contributed by atoms with E-state index in [1.807, 2.05) is 0 Å². The van der Waals surface area contributed by atoms with E-state index in [4.69, 9.17) is 4.74 Å². The van der Waals surface area contributed by atoms with Gasteiger partial charge in [0.15, 0.2) is 0 Å². The first-order valence-corrected chi connectivity index (χ1v) is 13.0. The van der Waals surface area contributed by atoms with E-state index in [-0.39, 0.29) is 5.97 Å². The van der Waals surface area contributed by atoms with Crippen molar-refractivity contribution >= 4 is 5.97 Å². The Bertz CT molecular complexity index is 301. The van der Waals surface area contributed by atoms with Gasteiger partial charge >= 0.3 is 5.97 Å². The topological polar surface area (TPSA) is 26.3 Å². The molecule has 28 heavy (non-hydrogen) atoms. The molecule has 0 heterocycles. The fourth-order valence-corrected chi connectivity index (χ4v) is 3.78. The minimum atomic E-state index is 0.0200. The van der Waals surface area contributed by atoms with Crippen LogP contribution in [0.15, 0.2) is 0 Å². The van der Waals surface area contributed by atoms with Crippen molar-refractivity contribution in [3.8, 4) is 0 Å². The van der Waals surface area contributed by atoms with Crippen LogP contribution in [-0.2, 0) is 9.53 Å². The highest BCUT2D eigenvalue weighted by molar-refractivity contribution is 5.69. The molecular formula is C26H52O2. The first-order valence-electron chi connectivity index (χ1n) is 13.0. The van der Waals surface area contributed by atoms with Crippen LogP contribution in [0.3, 0.4) is 0 Å². The Labute approximate surface area is 177 Å². The van der Waals surface area contributed by atoms with Crippen LogP contribution in [0.1, 0.15) is 155 Å². The Morgan fingerprint density at radius 3 is 1.18 bits per heavy atom. The SMILES string of the molecule is CCCCCCCCCCCCCOC(=O)CCCCCCCCCCCC. The predicted molar refractivity (Wildman–Crippen MR) is 124 cm³/mol. The highest BCUT2D eigenvalue weighted by atomic mass is 16.5. The maximum atomic E-state index is 11.7. The molecule has 0 aromatic heterocycles. The summed E-state index contributed by atoms with van der Waals surface area (Å²) < 4.78 is 5.37. The normalized spacial score (nSPS) is 11.1. The lowest BCUT2D eigenvalue weighted by Crippen LogP contribution is -2.05. The average molecular weight is 397 g/mol. The second-order valence-electron chi connectivity index (χ2n) is 8.69. The molecule has 0 unspecified atom stereocenters. The zero-order valence-electron chi connectivity index (χ0n) is 19.6. The molecule has 0 aliphatic heterocycles. The summed E-state index contributed by atoms with van der Waals surface area (Å²) >= 11 is 0. The van der Waals surface area contributed by atoms with Crippen molar-refractivity contribution in [3.05, 3.63) is 0 Å². The summed E-state index contributed by atoms with van der Waals surface area (Å²) in [6.07, 6.45) is 28.4. The summed E-state index contributed by atoms with van der Waals surface area (Å²) in [6.45, 7) is 5.17. The lowest BCUT2D eigenvalue weighted by Gasteiger charge is -2.05. The van der Waals surface area contributed by atoms with Crippen molar-refractivity contribution in [1.82, 2.24) is 0 Å². The van der Waals surface area contributed by atoms with Gasteiger partial charge in [-0.15, -0.1) is 0 Å². The third-order valence-electron chi connectivity index (χ3n) is 5.75. The Morgan fingerprint density at radius 1 is 0.464 bits per heavy atom. The summed E-state index contributed by atoms with van der Waals surface area (Å²) in [4.78, 5) is 11.7. The first kappa shape index (κ1) is 27.5. The molecule has 0 spiro atoms. The molecule has 0 saturated carbocycles. The minimum absolute atomic E-state index is 0.0200. The highest BCUT2D eigenvalue weighted by Crippen LogP contribution is 2.13. The van der Waals surface area contributed by atoms with Crippen LogP contribution in [0, 0.1) is 0 Å². The van der Waals surface area contributed by atoms with E-state index in [0.717, 1.165) is 12.8 Å². The van der Waals surface area contributed by atoms with E-state index < -0.39 is 0 Å². The fourth-order valence-electron chi connectivity index (χ4n) is 3.78. The third kappa shape index (κ3) is 23.5. The number of rotatable bonds is 23. The van der Waals surface area contributed by atoms with E-state index in [1.165, 1.54) is 122 Å². The van der Waals surface area contributed by atoms with E-state index in [2.05, 4.69) is 13.8 Å². The lowest BCUT2D eigenvalue weighted by molar-refractivity contribution is -0.143. The van der Waals surface area contributed by atoms with Gasteiger partial charge < -0.3 is 4.74 Å². The average Bonchev–Trinajstić information content (AvgIpc) is 2.70. The Balaban J connectivity index is 3.13. The van der Waals surface area contributed by atoms with Crippen molar-refractivity contribution in [1.29, 1.82) is 0 Å². The molecule has 0 saturated heterocycles. The Morgan fingerprint density at radius 2 is 0.786 bits per heavy atom. The number of carbonyl (C=O) groups is 1. The molecule has 0 aromatic carbocycles. The molecule has 2 nitrogen and oxygen atoms in total. The second kappa shape index (κ2) is 24.5. The number of esters is 1. The van der Waals surface area contributed by atoms with E-state index >= 15 is 0 Å². The summed E-state index contributed by atoms with van der Waals surface area (Å²) in [6, 6.07) is 0. The van der Waals surface area contributed by atoms with Crippen molar-refractivity contribution < 1.29 is 9.53 Å². The number of hydrogen-bond acceptors (Lipinski definition) is 2. The maximum absolute atomic E-state index is 11.7. The standard InChI is InChI=1S/C26H52O2/c1-3-5-7-9-11-13-15-17-19-21-23-25-28-26(27)24-22-20-18-16-14-12-10-8-6-4-2/h3-25H2,1-2H3. The minimum Gasteiger partial charge on any atom is -0.466 e. The quantitative estimate of drug-likeness (QED) is 0.127. The molecule has 0 fully saturated rings. The molecule has 168 valence electrons. The highest BCUT2D eigenvalue weighted by Gasteiger charge is 2.02. The molecule has 0 radical (unpaired) electrons. The van der Waals surface area contributed by atoms with Gasteiger partial charge in [0.05, 0.1) is 6.61 Å². The molecule has 0 aromatic rings. The molecule has 0 bridgehead atoms. The molecule has 0 atom stereocenters. The second-order valence-corrected chi connectivity index (χ2v) is 8.69. The van der Waals surface area contributed by atoms with Crippen LogP contribution < -0.4 is 0 Å². The fraction of sp³-hybridized carbons (Fsp3) is 0.962. The Hall–Kier alpha value is -0.530. The van der Waals surface area contributed by atoms with Gasteiger partial charge in [0.25, 0.3) is 0 Å². The monoisotopic (exact) mass is 396 g/mol. The van der Waals surface area contributed by atoms with Crippen LogP contribution >= 0.6 is 0 Å². The molecule has 0 amide bonds. The third-order valence-corrected chi connectivity index (χ3v) is 5.75. The summed E-state index contributed by atoms with van der Waals surface area (Å²) in [7, 11) is 0. The van der Waals surface area contributed by atoms with Crippen LogP contribution in [0.25, 0.3) is 0 Å². The van der Waals surface area contributed by atoms with Gasteiger partial charge in [-0.25, -0.2) is 0 Å². The van der Waals surface area contributed by atoms with Gasteiger partial charge in [-0.1, -0.05) is 136 Å². The number of ether oxygens (including phenoxy) is 1.